The van der Waals surface area contributed by atoms with Gasteiger partial charge in [0.25, 0.3) is 0 Å². The number of fused-ring (bicyclic) bond motifs is 1. The van der Waals surface area contributed by atoms with Crippen molar-refractivity contribution < 1.29 is 9.53 Å². The van der Waals surface area contributed by atoms with Gasteiger partial charge in [0.15, 0.2) is 0 Å². The fraction of sp³-hybridized carbons (Fsp3) is 0.333. The SMILES string of the molecule is CCC(C)C(=O)Nc1cccc2c(Oc3ncccc3-c3ccnc(N[C@H]4CCCNC4)n3)c(C)ccc12. The van der Waals surface area contributed by atoms with Gasteiger partial charge in [-0.25, -0.2) is 15.0 Å². The molecule has 0 radical (unpaired) electrons. The van der Waals surface area contributed by atoms with Crippen LogP contribution in [-0.2, 0) is 4.79 Å². The largest absolute Gasteiger partial charge is 0.437 e. The molecular formula is C30H34N6O2. The minimum absolute atomic E-state index is 0.00670. The van der Waals surface area contributed by atoms with E-state index in [9.17, 15) is 4.79 Å². The Bertz CT molecular complexity index is 1430. The van der Waals surface area contributed by atoms with Crippen molar-refractivity contribution in [3.63, 3.8) is 0 Å². The van der Waals surface area contributed by atoms with Gasteiger partial charge in [0, 0.05) is 47.4 Å². The Morgan fingerprint density at radius 3 is 2.82 bits per heavy atom. The fourth-order valence-corrected chi connectivity index (χ4v) is 4.62. The summed E-state index contributed by atoms with van der Waals surface area (Å²) in [5.41, 5.74) is 3.24. The highest BCUT2D eigenvalue weighted by atomic mass is 16.5. The maximum Gasteiger partial charge on any atom is 0.228 e. The predicted molar refractivity (Wildman–Crippen MR) is 152 cm³/mol. The molecule has 0 aliphatic carbocycles. The molecule has 0 saturated carbocycles. The first kappa shape index (κ1) is 25.6. The summed E-state index contributed by atoms with van der Waals surface area (Å²) in [6, 6.07) is 15.9. The molecule has 1 unspecified atom stereocenters. The molecule has 2 aromatic heterocycles. The van der Waals surface area contributed by atoms with E-state index in [4.69, 9.17) is 9.72 Å². The molecule has 8 nitrogen and oxygen atoms in total. The minimum atomic E-state index is -0.0656. The third kappa shape index (κ3) is 5.60. The summed E-state index contributed by atoms with van der Waals surface area (Å²) in [5.74, 6) is 1.69. The molecule has 2 aromatic carbocycles. The molecule has 8 heteroatoms. The highest BCUT2D eigenvalue weighted by Gasteiger charge is 2.18. The molecule has 1 aliphatic rings. The summed E-state index contributed by atoms with van der Waals surface area (Å²) < 4.78 is 6.51. The van der Waals surface area contributed by atoms with Crippen molar-refractivity contribution in [2.75, 3.05) is 23.7 Å². The molecule has 2 atom stereocenters. The van der Waals surface area contributed by atoms with Crippen molar-refractivity contribution in [2.45, 2.75) is 46.1 Å². The Labute approximate surface area is 223 Å². The van der Waals surface area contributed by atoms with Crippen molar-refractivity contribution in [1.82, 2.24) is 20.3 Å². The van der Waals surface area contributed by atoms with Gasteiger partial charge in [-0.3, -0.25) is 4.79 Å². The van der Waals surface area contributed by atoms with Crippen molar-refractivity contribution in [3.8, 4) is 22.9 Å². The number of carbonyl (C=O) groups excluding carboxylic acids is 1. The molecule has 1 amide bonds. The lowest BCUT2D eigenvalue weighted by Crippen LogP contribution is -2.38. The number of hydrogen-bond acceptors (Lipinski definition) is 7. The zero-order valence-corrected chi connectivity index (χ0v) is 22.1. The fourth-order valence-electron chi connectivity index (χ4n) is 4.62. The molecule has 3 N–H and O–H groups in total. The first-order valence-electron chi connectivity index (χ1n) is 13.3. The average Bonchev–Trinajstić information content (AvgIpc) is 2.95. The summed E-state index contributed by atoms with van der Waals surface area (Å²) in [6.07, 6.45) is 6.47. The molecule has 1 saturated heterocycles. The summed E-state index contributed by atoms with van der Waals surface area (Å²) in [7, 11) is 0. The van der Waals surface area contributed by atoms with E-state index in [1.165, 1.54) is 0 Å². The van der Waals surface area contributed by atoms with Crippen LogP contribution in [-0.4, -0.2) is 40.0 Å². The van der Waals surface area contributed by atoms with E-state index >= 15 is 0 Å². The number of anilines is 2. The number of nitrogens with zero attached hydrogens (tertiary/aromatic N) is 3. The number of rotatable bonds is 8. The Morgan fingerprint density at radius 2 is 2.00 bits per heavy atom. The van der Waals surface area contributed by atoms with Crippen LogP contribution >= 0.6 is 0 Å². The van der Waals surface area contributed by atoms with Crippen LogP contribution in [0.25, 0.3) is 22.0 Å². The molecule has 0 spiro atoms. The van der Waals surface area contributed by atoms with Crippen molar-refractivity contribution in [2.24, 2.45) is 5.92 Å². The quantitative estimate of drug-likeness (QED) is 0.270. The van der Waals surface area contributed by atoms with Crippen LogP contribution in [0.5, 0.6) is 11.6 Å². The number of piperidine rings is 1. The molecule has 4 aromatic rings. The number of carbonyl (C=O) groups is 1. The molecule has 0 bridgehead atoms. The number of hydrogen-bond donors (Lipinski definition) is 3. The Balaban J connectivity index is 1.47. The normalized spacial score (nSPS) is 16.1. The third-order valence-electron chi connectivity index (χ3n) is 7.06. The molecule has 1 aliphatic heterocycles. The second kappa shape index (κ2) is 11.6. The summed E-state index contributed by atoms with van der Waals surface area (Å²) >= 11 is 0. The van der Waals surface area contributed by atoms with E-state index in [0.29, 0.717) is 23.6 Å². The standard InChI is InChI=1S/C30H34N6O2/c1-4-19(2)28(37)35-25-11-5-9-23-22(25)13-12-20(3)27(23)38-29-24(10-7-16-32-29)26-14-17-33-30(36-26)34-21-8-6-15-31-18-21/h5,7,9-14,16-17,19,21,31H,4,6,8,15,18H2,1-3H3,(H,35,37)(H,33,34,36)/t19?,21-/m0/s1. The van der Waals surface area contributed by atoms with E-state index < -0.39 is 0 Å². The topological polar surface area (TPSA) is 101 Å². The van der Waals surface area contributed by atoms with Crippen molar-refractivity contribution in [1.29, 1.82) is 0 Å². The first-order chi connectivity index (χ1) is 18.5. The maximum atomic E-state index is 12.6. The number of aromatic nitrogens is 3. The van der Waals surface area contributed by atoms with Crippen LogP contribution in [0.2, 0.25) is 0 Å². The predicted octanol–water partition coefficient (Wildman–Crippen LogP) is 5.94. The van der Waals surface area contributed by atoms with Crippen molar-refractivity contribution in [3.05, 3.63) is 66.5 Å². The smallest absolute Gasteiger partial charge is 0.228 e. The third-order valence-corrected chi connectivity index (χ3v) is 7.06. The van der Waals surface area contributed by atoms with Crippen LogP contribution in [0.15, 0.2) is 60.9 Å². The van der Waals surface area contributed by atoms with Gasteiger partial charge in [-0.15, -0.1) is 0 Å². The van der Waals surface area contributed by atoms with E-state index in [0.717, 1.165) is 65.6 Å². The summed E-state index contributed by atoms with van der Waals surface area (Å²) in [4.78, 5) is 26.4. The average molecular weight is 511 g/mol. The zero-order chi connectivity index (χ0) is 26.5. The van der Waals surface area contributed by atoms with Crippen molar-refractivity contribution >= 4 is 28.3 Å². The zero-order valence-electron chi connectivity index (χ0n) is 22.1. The monoisotopic (exact) mass is 510 g/mol. The van der Waals surface area contributed by atoms with E-state index in [1.807, 2.05) is 69.3 Å². The Hall–Kier alpha value is -4.04. The van der Waals surface area contributed by atoms with Gasteiger partial charge in [0.05, 0.1) is 11.3 Å². The molecule has 38 heavy (non-hydrogen) atoms. The number of nitrogens with one attached hydrogen (secondary N) is 3. The number of pyridine rings is 1. The second-order valence-corrected chi connectivity index (χ2v) is 9.82. The van der Waals surface area contributed by atoms with Crippen LogP contribution < -0.4 is 20.7 Å². The first-order valence-corrected chi connectivity index (χ1v) is 13.3. The maximum absolute atomic E-state index is 12.6. The summed E-state index contributed by atoms with van der Waals surface area (Å²) in [6.45, 7) is 7.90. The van der Waals surface area contributed by atoms with Gasteiger partial charge in [-0.05, 0) is 62.6 Å². The van der Waals surface area contributed by atoms with E-state index in [-0.39, 0.29) is 11.8 Å². The van der Waals surface area contributed by atoms with Gasteiger partial charge in [0.2, 0.25) is 17.7 Å². The van der Waals surface area contributed by atoms with Crippen LogP contribution in [0.1, 0.15) is 38.7 Å². The molecule has 196 valence electrons. The summed E-state index contributed by atoms with van der Waals surface area (Å²) in [5, 5.41) is 11.8. The van der Waals surface area contributed by atoms with Gasteiger partial charge < -0.3 is 20.7 Å². The van der Waals surface area contributed by atoms with Gasteiger partial charge in [-0.1, -0.05) is 38.1 Å². The highest BCUT2D eigenvalue weighted by Crippen LogP contribution is 2.38. The minimum Gasteiger partial charge on any atom is -0.437 e. The molecule has 5 rings (SSSR count). The van der Waals surface area contributed by atoms with Gasteiger partial charge >= 0.3 is 0 Å². The molecule has 3 heterocycles. The lowest BCUT2D eigenvalue weighted by atomic mass is 10.0. The highest BCUT2D eigenvalue weighted by molar-refractivity contribution is 6.05. The molecular weight excluding hydrogens is 476 g/mol. The van der Waals surface area contributed by atoms with E-state index in [1.54, 1.807) is 12.4 Å². The van der Waals surface area contributed by atoms with Gasteiger partial charge in [0.1, 0.15) is 5.75 Å². The lowest BCUT2D eigenvalue weighted by molar-refractivity contribution is -0.119. The second-order valence-electron chi connectivity index (χ2n) is 9.82. The van der Waals surface area contributed by atoms with Gasteiger partial charge in [-0.2, -0.15) is 0 Å². The Morgan fingerprint density at radius 1 is 1.11 bits per heavy atom. The van der Waals surface area contributed by atoms with Crippen LogP contribution in [0.3, 0.4) is 0 Å². The number of ether oxygens (including phenoxy) is 1. The Kier molecular flexibility index (Phi) is 7.79. The van der Waals surface area contributed by atoms with E-state index in [2.05, 4.69) is 25.9 Å². The molecule has 1 fully saturated rings. The van der Waals surface area contributed by atoms with Crippen LogP contribution in [0.4, 0.5) is 11.6 Å². The number of aryl methyl sites for hydroxylation is 1. The number of benzene rings is 2. The number of amides is 1. The van der Waals surface area contributed by atoms with Crippen LogP contribution in [0, 0.1) is 12.8 Å². The lowest BCUT2D eigenvalue weighted by Gasteiger charge is -2.23.